The first-order valence-corrected chi connectivity index (χ1v) is 13.2. The fourth-order valence-electron chi connectivity index (χ4n) is 6.03. The smallest absolute Gasteiger partial charge is 0.251 e. The maximum absolute atomic E-state index is 15.0. The molecule has 4 aromatic heterocycles. The van der Waals surface area contributed by atoms with Crippen LogP contribution in [0.5, 0.6) is 0 Å². The molecule has 0 aromatic carbocycles. The summed E-state index contributed by atoms with van der Waals surface area (Å²) in [4.78, 5) is 35.1. The molecular formula is C28H29F2N5O4. The number of fused-ring (bicyclic) bond motifs is 5. The molecular weight excluding hydrogens is 508 g/mol. The fraction of sp³-hybridized carbons (Fsp3) is 0.429. The number of aromatic nitrogens is 4. The normalized spacial score (nSPS) is 22.6. The standard InChI is InChI=1S/C28H29F2N5O4/c29-18-13-22-20(1-3-24(37)34-22)33-23(18)15-32-27-7-9-28(10-8-27,39-16-27)6-5-17-19(30)14-31-21-2-4-25(38)35(11-12-36)26(17)21/h1-4,13-14,32,36H,5-12,15-16H2,(H,34,37). The lowest BCUT2D eigenvalue weighted by Gasteiger charge is -2.53. The summed E-state index contributed by atoms with van der Waals surface area (Å²) in [5, 5.41) is 12.9. The van der Waals surface area contributed by atoms with Crippen LogP contribution < -0.4 is 16.4 Å². The van der Waals surface area contributed by atoms with E-state index >= 15 is 0 Å². The number of halogens is 2. The second-order valence-corrected chi connectivity index (χ2v) is 10.6. The summed E-state index contributed by atoms with van der Waals surface area (Å²) < 4.78 is 37.4. The van der Waals surface area contributed by atoms with Crippen molar-refractivity contribution in [2.45, 2.75) is 62.8 Å². The largest absolute Gasteiger partial charge is 0.395 e. The predicted octanol–water partition coefficient (Wildman–Crippen LogP) is 2.71. The van der Waals surface area contributed by atoms with Gasteiger partial charge in [0.2, 0.25) is 5.56 Å². The molecule has 2 saturated heterocycles. The molecule has 6 heterocycles. The van der Waals surface area contributed by atoms with E-state index in [0.29, 0.717) is 47.1 Å². The molecule has 0 amide bonds. The molecule has 1 saturated carbocycles. The summed E-state index contributed by atoms with van der Waals surface area (Å²) in [5.41, 5.74) is 1.18. The molecule has 0 spiro atoms. The summed E-state index contributed by atoms with van der Waals surface area (Å²) in [6.07, 6.45) is 5.31. The third-order valence-corrected chi connectivity index (χ3v) is 8.34. The molecule has 0 unspecified atom stereocenters. The Morgan fingerprint density at radius 1 is 1.08 bits per heavy atom. The van der Waals surface area contributed by atoms with Gasteiger partial charge in [0.05, 0.1) is 52.8 Å². The van der Waals surface area contributed by atoms with Gasteiger partial charge in [-0.2, -0.15) is 0 Å². The van der Waals surface area contributed by atoms with Crippen LogP contribution in [0.4, 0.5) is 8.78 Å². The van der Waals surface area contributed by atoms with Crippen LogP contribution in [0.2, 0.25) is 0 Å². The number of hydrogen-bond acceptors (Lipinski definition) is 7. The Labute approximate surface area is 221 Å². The van der Waals surface area contributed by atoms with Crippen LogP contribution in [0.1, 0.15) is 43.4 Å². The van der Waals surface area contributed by atoms with Gasteiger partial charge in [-0.05, 0) is 50.7 Å². The minimum absolute atomic E-state index is 0.0642. The van der Waals surface area contributed by atoms with Gasteiger partial charge < -0.3 is 24.7 Å². The van der Waals surface area contributed by atoms with E-state index in [2.05, 4.69) is 20.3 Å². The van der Waals surface area contributed by atoms with Crippen molar-refractivity contribution in [2.24, 2.45) is 0 Å². The van der Waals surface area contributed by atoms with Crippen molar-refractivity contribution < 1.29 is 18.6 Å². The van der Waals surface area contributed by atoms with E-state index in [4.69, 9.17) is 4.74 Å². The Balaban J connectivity index is 1.15. The van der Waals surface area contributed by atoms with E-state index in [0.717, 1.165) is 25.7 Å². The average molecular weight is 538 g/mol. The van der Waals surface area contributed by atoms with Crippen molar-refractivity contribution in [3.05, 3.63) is 80.1 Å². The predicted molar refractivity (Wildman–Crippen MR) is 140 cm³/mol. The summed E-state index contributed by atoms with van der Waals surface area (Å²) in [7, 11) is 0. The zero-order valence-corrected chi connectivity index (χ0v) is 21.3. The van der Waals surface area contributed by atoms with Crippen molar-refractivity contribution in [1.82, 2.24) is 24.8 Å². The first kappa shape index (κ1) is 25.7. The number of nitrogens with one attached hydrogen (secondary N) is 2. The molecule has 204 valence electrons. The lowest BCUT2D eigenvalue weighted by atomic mass is 9.69. The molecule has 9 nitrogen and oxygen atoms in total. The number of aryl methyl sites for hydroxylation is 1. The summed E-state index contributed by atoms with van der Waals surface area (Å²) in [6.45, 7) is 0.502. The van der Waals surface area contributed by atoms with E-state index in [1.54, 1.807) is 12.1 Å². The monoisotopic (exact) mass is 537 g/mol. The van der Waals surface area contributed by atoms with Crippen molar-refractivity contribution in [1.29, 1.82) is 0 Å². The number of rotatable bonds is 8. The summed E-state index contributed by atoms with van der Waals surface area (Å²) >= 11 is 0. The van der Waals surface area contributed by atoms with Gasteiger partial charge in [0.15, 0.2) is 0 Å². The molecule has 39 heavy (non-hydrogen) atoms. The van der Waals surface area contributed by atoms with E-state index in [1.165, 1.54) is 29.0 Å². The van der Waals surface area contributed by atoms with Crippen molar-refractivity contribution in [3.8, 4) is 0 Å². The fourth-order valence-corrected chi connectivity index (χ4v) is 6.03. The van der Waals surface area contributed by atoms with E-state index < -0.39 is 17.2 Å². The van der Waals surface area contributed by atoms with Gasteiger partial charge in [0, 0.05) is 42.4 Å². The Morgan fingerprint density at radius 2 is 1.87 bits per heavy atom. The Bertz CT molecular complexity index is 1660. The molecule has 3 aliphatic rings. The van der Waals surface area contributed by atoms with Gasteiger partial charge in [-0.1, -0.05) is 0 Å². The summed E-state index contributed by atoms with van der Waals surface area (Å²) in [5.74, 6) is -0.964. The van der Waals surface area contributed by atoms with Crippen LogP contribution in [0.15, 0.2) is 46.1 Å². The number of aliphatic hydroxyl groups excluding tert-OH is 1. The van der Waals surface area contributed by atoms with Crippen LogP contribution in [0.25, 0.3) is 22.1 Å². The Kier molecular flexibility index (Phi) is 6.52. The number of pyridine rings is 4. The van der Waals surface area contributed by atoms with Crippen molar-refractivity contribution in [3.63, 3.8) is 0 Å². The molecule has 2 bridgehead atoms. The van der Waals surface area contributed by atoms with Crippen LogP contribution in [-0.2, 0) is 24.2 Å². The van der Waals surface area contributed by atoms with Gasteiger partial charge in [-0.25, -0.2) is 13.8 Å². The first-order valence-electron chi connectivity index (χ1n) is 13.2. The number of aliphatic hydroxyl groups is 1. The van der Waals surface area contributed by atoms with Crippen LogP contribution >= 0.6 is 0 Å². The Morgan fingerprint density at radius 3 is 2.62 bits per heavy atom. The van der Waals surface area contributed by atoms with Crippen LogP contribution in [-0.4, -0.2) is 49.0 Å². The molecule has 0 atom stereocenters. The number of aromatic amines is 1. The minimum Gasteiger partial charge on any atom is -0.395 e. The quantitative estimate of drug-likeness (QED) is 0.316. The molecule has 2 aliphatic heterocycles. The molecule has 4 aromatic rings. The van der Waals surface area contributed by atoms with Crippen molar-refractivity contribution in [2.75, 3.05) is 13.2 Å². The zero-order valence-electron chi connectivity index (χ0n) is 21.3. The van der Waals surface area contributed by atoms with Gasteiger partial charge >= 0.3 is 0 Å². The van der Waals surface area contributed by atoms with E-state index in [1.807, 2.05) is 0 Å². The third-order valence-electron chi connectivity index (χ3n) is 8.34. The van der Waals surface area contributed by atoms with Crippen LogP contribution in [0.3, 0.4) is 0 Å². The highest BCUT2D eigenvalue weighted by atomic mass is 19.1. The molecule has 1 aliphatic carbocycles. The molecule has 11 heteroatoms. The van der Waals surface area contributed by atoms with E-state index in [-0.39, 0.29) is 42.0 Å². The first-order chi connectivity index (χ1) is 18.8. The zero-order chi connectivity index (χ0) is 27.2. The second kappa shape index (κ2) is 9.89. The van der Waals surface area contributed by atoms with E-state index in [9.17, 15) is 23.5 Å². The second-order valence-electron chi connectivity index (χ2n) is 10.6. The Hall–Kier alpha value is -3.54. The maximum Gasteiger partial charge on any atom is 0.251 e. The van der Waals surface area contributed by atoms with Crippen LogP contribution in [0, 0.1) is 11.6 Å². The van der Waals surface area contributed by atoms with Gasteiger partial charge in [-0.15, -0.1) is 0 Å². The highest BCUT2D eigenvalue weighted by Gasteiger charge is 2.49. The van der Waals surface area contributed by atoms with Crippen molar-refractivity contribution >= 4 is 22.1 Å². The molecule has 0 radical (unpaired) electrons. The number of H-pyrrole nitrogens is 1. The highest BCUT2D eigenvalue weighted by molar-refractivity contribution is 5.78. The average Bonchev–Trinajstić information content (AvgIpc) is 2.94. The van der Waals surface area contributed by atoms with Gasteiger partial charge in [0.25, 0.3) is 5.56 Å². The van der Waals surface area contributed by atoms with Gasteiger partial charge in [0.1, 0.15) is 11.6 Å². The maximum atomic E-state index is 15.0. The molecule has 3 N–H and O–H groups in total. The SMILES string of the molecule is O=c1ccc2nc(CNC34CCC(CCc5c(F)cnc6ccc(=O)n(CCO)c56)(CC3)OC4)c(F)cc2[nH]1. The topological polar surface area (TPSA) is 122 Å². The highest BCUT2D eigenvalue weighted by Crippen LogP contribution is 2.46. The lowest BCUT2D eigenvalue weighted by molar-refractivity contribution is -0.165. The minimum atomic E-state index is -0.485. The number of ether oxygens (including phenoxy) is 1. The number of nitrogens with zero attached hydrogens (tertiary/aromatic N) is 3. The summed E-state index contributed by atoms with van der Waals surface area (Å²) in [6, 6.07) is 7.20. The number of hydrogen-bond donors (Lipinski definition) is 3. The van der Waals surface area contributed by atoms with Gasteiger partial charge in [-0.3, -0.25) is 14.6 Å². The molecule has 7 rings (SSSR count). The molecule has 3 fully saturated rings. The lowest BCUT2D eigenvalue weighted by Crippen LogP contribution is -2.61. The third kappa shape index (κ3) is 4.75.